The highest BCUT2D eigenvalue weighted by atomic mass is 127. The van der Waals surface area contributed by atoms with Gasteiger partial charge >= 0.3 is 0 Å². The second-order valence-corrected chi connectivity index (χ2v) is 6.65. The lowest BCUT2D eigenvalue weighted by molar-refractivity contribution is 0.133. The first-order valence-electron chi connectivity index (χ1n) is 10.3. The third-order valence-corrected chi connectivity index (χ3v) is 4.65. The Morgan fingerprint density at radius 1 is 1.07 bits per heavy atom. The Morgan fingerprint density at radius 2 is 1.86 bits per heavy atom. The molecule has 2 rings (SSSR count). The molecular weight excluding hydrogens is 479 g/mol. The zero-order valence-electron chi connectivity index (χ0n) is 17.9. The number of ether oxygens (including phenoxy) is 1. The number of unbranched alkanes of at least 4 members (excludes halogenated alkanes) is 1. The van der Waals surface area contributed by atoms with Crippen molar-refractivity contribution >= 4 is 29.9 Å². The molecule has 2 N–H and O–H groups in total. The molecule has 0 bridgehead atoms. The average Bonchev–Trinajstić information content (AvgIpc) is 3.14. The van der Waals surface area contributed by atoms with Crippen LogP contribution >= 0.6 is 24.0 Å². The number of benzene rings is 1. The van der Waals surface area contributed by atoms with Gasteiger partial charge < -0.3 is 19.9 Å². The van der Waals surface area contributed by atoms with Crippen LogP contribution in [-0.2, 0) is 30.5 Å². The maximum Gasteiger partial charge on any atom is 0.191 e. The first kappa shape index (κ1) is 25.4. The van der Waals surface area contributed by atoms with Crippen LogP contribution in [0.25, 0.3) is 0 Å². The van der Waals surface area contributed by atoms with E-state index in [9.17, 15) is 0 Å². The van der Waals surface area contributed by atoms with Crippen molar-refractivity contribution < 1.29 is 9.26 Å². The van der Waals surface area contributed by atoms with Gasteiger partial charge in [-0.3, -0.25) is 4.99 Å². The molecule has 0 saturated carbocycles. The van der Waals surface area contributed by atoms with E-state index in [2.05, 4.69) is 58.9 Å². The SMILES string of the molecule is CCc1noc(CC)c1CNC(=NC)NCCCCOCCc1ccccc1.I. The maximum atomic E-state index is 5.73. The van der Waals surface area contributed by atoms with Crippen LogP contribution in [0, 0.1) is 0 Å². The summed E-state index contributed by atoms with van der Waals surface area (Å²) >= 11 is 0. The van der Waals surface area contributed by atoms with Crippen molar-refractivity contribution in [3.05, 3.63) is 52.9 Å². The van der Waals surface area contributed by atoms with Crippen LogP contribution in [0.1, 0.15) is 49.3 Å². The number of hydrogen-bond acceptors (Lipinski definition) is 4. The van der Waals surface area contributed by atoms with Crippen molar-refractivity contribution in [2.75, 3.05) is 26.8 Å². The van der Waals surface area contributed by atoms with Gasteiger partial charge in [0.1, 0.15) is 5.76 Å². The second-order valence-electron chi connectivity index (χ2n) is 6.65. The van der Waals surface area contributed by atoms with E-state index in [4.69, 9.17) is 9.26 Å². The van der Waals surface area contributed by atoms with Gasteiger partial charge in [-0.15, -0.1) is 24.0 Å². The maximum absolute atomic E-state index is 5.73. The number of nitrogens with zero attached hydrogens (tertiary/aromatic N) is 2. The molecular formula is C22H35IN4O2. The second kappa shape index (κ2) is 15.3. The van der Waals surface area contributed by atoms with Crippen LogP contribution in [-0.4, -0.2) is 37.9 Å². The molecule has 0 aliphatic rings. The minimum atomic E-state index is 0. The van der Waals surface area contributed by atoms with Crippen molar-refractivity contribution in [1.29, 1.82) is 0 Å². The van der Waals surface area contributed by atoms with E-state index in [0.717, 1.165) is 74.8 Å². The fourth-order valence-electron chi connectivity index (χ4n) is 3.00. The van der Waals surface area contributed by atoms with Gasteiger partial charge in [0.2, 0.25) is 0 Å². The first-order chi connectivity index (χ1) is 13.8. The van der Waals surface area contributed by atoms with Crippen LogP contribution in [0.4, 0.5) is 0 Å². The summed E-state index contributed by atoms with van der Waals surface area (Å²) in [5.41, 5.74) is 3.50. The summed E-state index contributed by atoms with van der Waals surface area (Å²) in [6.45, 7) is 7.29. The molecule has 0 amide bonds. The molecule has 1 aromatic heterocycles. The van der Waals surface area contributed by atoms with E-state index in [1.807, 2.05) is 6.07 Å². The molecule has 0 saturated heterocycles. The summed E-state index contributed by atoms with van der Waals surface area (Å²) in [6, 6.07) is 10.4. The summed E-state index contributed by atoms with van der Waals surface area (Å²) in [5, 5.41) is 10.9. The number of aryl methyl sites for hydroxylation is 2. The Balaban J connectivity index is 0.00000420. The average molecular weight is 514 g/mol. The molecule has 0 atom stereocenters. The van der Waals surface area contributed by atoms with Gasteiger partial charge in [-0.2, -0.15) is 0 Å². The molecule has 29 heavy (non-hydrogen) atoms. The number of guanidine groups is 1. The monoisotopic (exact) mass is 514 g/mol. The van der Waals surface area contributed by atoms with Crippen molar-refractivity contribution in [2.45, 2.75) is 52.5 Å². The number of halogens is 1. The van der Waals surface area contributed by atoms with E-state index in [-0.39, 0.29) is 24.0 Å². The highest BCUT2D eigenvalue weighted by molar-refractivity contribution is 14.0. The number of aromatic nitrogens is 1. The van der Waals surface area contributed by atoms with Gasteiger partial charge in [-0.1, -0.05) is 49.3 Å². The van der Waals surface area contributed by atoms with E-state index < -0.39 is 0 Å². The molecule has 0 radical (unpaired) electrons. The van der Waals surface area contributed by atoms with E-state index >= 15 is 0 Å². The molecule has 0 spiro atoms. The van der Waals surface area contributed by atoms with E-state index in [0.29, 0.717) is 6.54 Å². The lowest BCUT2D eigenvalue weighted by Gasteiger charge is -2.12. The third-order valence-electron chi connectivity index (χ3n) is 4.65. The third kappa shape index (κ3) is 9.16. The summed E-state index contributed by atoms with van der Waals surface area (Å²) in [7, 11) is 1.79. The summed E-state index contributed by atoms with van der Waals surface area (Å²) in [5.74, 6) is 1.75. The number of aliphatic imine (C=N–C) groups is 1. The van der Waals surface area contributed by atoms with Crippen molar-refractivity contribution in [2.24, 2.45) is 4.99 Å². The van der Waals surface area contributed by atoms with Crippen LogP contribution in [0.2, 0.25) is 0 Å². The summed E-state index contributed by atoms with van der Waals surface area (Å²) in [4.78, 5) is 4.29. The molecule has 162 valence electrons. The van der Waals surface area contributed by atoms with Gasteiger partial charge in [0.05, 0.1) is 12.3 Å². The van der Waals surface area contributed by atoms with Crippen LogP contribution in [0.5, 0.6) is 0 Å². The minimum Gasteiger partial charge on any atom is -0.381 e. The van der Waals surface area contributed by atoms with Crippen molar-refractivity contribution in [3.63, 3.8) is 0 Å². The van der Waals surface area contributed by atoms with Crippen molar-refractivity contribution in [1.82, 2.24) is 15.8 Å². The summed E-state index contributed by atoms with van der Waals surface area (Å²) in [6.07, 6.45) is 4.76. The number of nitrogens with one attached hydrogen (secondary N) is 2. The smallest absolute Gasteiger partial charge is 0.191 e. The lowest BCUT2D eigenvalue weighted by Crippen LogP contribution is -2.37. The summed E-state index contributed by atoms with van der Waals surface area (Å²) < 4.78 is 11.1. The van der Waals surface area contributed by atoms with Gasteiger partial charge in [0, 0.05) is 38.7 Å². The molecule has 6 nitrogen and oxygen atoms in total. The van der Waals surface area contributed by atoms with Gasteiger partial charge in [-0.05, 0) is 31.2 Å². The molecule has 1 heterocycles. The molecule has 0 aliphatic carbocycles. The highest BCUT2D eigenvalue weighted by Gasteiger charge is 2.13. The standard InChI is InChI=1S/C22H34N4O2.HI/c1-4-20-19(21(5-2)28-26-20)17-25-22(23-3)24-14-9-10-15-27-16-13-18-11-7-6-8-12-18;/h6-8,11-12H,4-5,9-10,13-17H2,1-3H3,(H2,23,24,25);1H. The zero-order valence-corrected chi connectivity index (χ0v) is 20.2. The van der Waals surface area contributed by atoms with Gasteiger partial charge in [0.15, 0.2) is 5.96 Å². The lowest BCUT2D eigenvalue weighted by atomic mass is 10.1. The first-order valence-corrected chi connectivity index (χ1v) is 10.3. The largest absolute Gasteiger partial charge is 0.381 e. The topological polar surface area (TPSA) is 71.7 Å². The van der Waals surface area contributed by atoms with Crippen LogP contribution < -0.4 is 10.6 Å². The van der Waals surface area contributed by atoms with Gasteiger partial charge in [0.25, 0.3) is 0 Å². The predicted molar refractivity (Wildman–Crippen MR) is 129 cm³/mol. The Kier molecular flexibility index (Phi) is 13.4. The van der Waals surface area contributed by atoms with Crippen molar-refractivity contribution in [3.8, 4) is 0 Å². The number of rotatable bonds is 12. The highest BCUT2D eigenvalue weighted by Crippen LogP contribution is 2.15. The predicted octanol–water partition coefficient (Wildman–Crippen LogP) is 4.12. The normalized spacial score (nSPS) is 11.2. The molecule has 1 aromatic carbocycles. The van der Waals surface area contributed by atoms with Gasteiger partial charge in [-0.25, -0.2) is 0 Å². The Hall–Kier alpha value is -1.61. The fraction of sp³-hybridized carbons (Fsp3) is 0.545. The number of hydrogen-bond donors (Lipinski definition) is 2. The quantitative estimate of drug-likeness (QED) is 0.193. The molecule has 0 fully saturated rings. The zero-order chi connectivity index (χ0) is 20.0. The Bertz CT molecular complexity index is 683. The Labute approximate surface area is 191 Å². The molecule has 7 heteroatoms. The van der Waals surface area contributed by atoms with Crippen LogP contribution in [0.15, 0.2) is 39.8 Å². The molecule has 0 aliphatic heterocycles. The van der Waals surface area contributed by atoms with E-state index in [1.54, 1.807) is 7.05 Å². The fourth-order valence-corrected chi connectivity index (χ4v) is 3.00. The molecule has 2 aromatic rings. The minimum absolute atomic E-state index is 0. The van der Waals surface area contributed by atoms with E-state index in [1.165, 1.54) is 5.56 Å². The van der Waals surface area contributed by atoms with Crippen LogP contribution in [0.3, 0.4) is 0 Å². The molecule has 0 unspecified atom stereocenters. The Morgan fingerprint density at radius 3 is 2.55 bits per heavy atom.